The smallest absolute Gasteiger partial charge is 0.173 e. The first-order chi connectivity index (χ1) is 31.5. The van der Waals surface area contributed by atoms with E-state index in [2.05, 4.69) is 175 Å². The summed E-state index contributed by atoms with van der Waals surface area (Å²) in [6, 6.07) is 40.9. The highest BCUT2D eigenvalue weighted by atomic mass is 79.9. The molecule has 330 valence electrons. The van der Waals surface area contributed by atoms with Crippen molar-refractivity contribution in [3.63, 3.8) is 0 Å². The Kier molecular flexibility index (Phi) is 17.9. The van der Waals surface area contributed by atoms with Gasteiger partial charge in [-0.2, -0.15) is 0 Å². The lowest BCUT2D eigenvalue weighted by atomic mass is 10.1. The first-order valence-electron chi connectivity index (χ1n) is 21.8. The van der Waals surface area contributed by atoms with Crippen molar-refractivity contribution < 1.29 is 46.7 Å². The van der Waals surface area contributed by atoms with Gasteiger partial charge in [0.25, 0.3) is 0 Å². The lowest BCUT2D eigenvalue weighted by Gasteiger charge is -2.07. The molecule has 0 fully saturated rings. The number of halogens is 1. The molecule has 0 unspecified atom stereocenters. The number of rotatable bonds is 25. The van der Waals surface area contributed by atoms with Gasteiger partial charge in [-0.05, 0) is 94.5 Å². The van der Waals surface area contributed by atoms with Crippen LogP contribution in [-0.2, 0) is 50.5 Å². The molecule has 64 heavy (non-hydrogen) atoms. The third kappa shape index (κ3) is 14.6. The van der Waals surface area contributed by atoms with E-state index in [-0.39, 0.29) is 0 Å². The third-order valence-corrected chi connectivity index (χ3v) is 11.3. The molecule has 7 aromatic rings. The van der Waals surface area contributed by atoms with E-state index in [4.69, 9.17) is 28.4 Å². The summed E-state index contributed by atoms with van der Waals surface area (Å²) in [6.07, 6.45) is 17.2. The lowest BCUT2D eigenvalue weighted by Crippen LogP contribution is -2.34. The minimum absolute atomic E-state index is 0.516. The van der Waals surface area contributed by atoms with Gasteiger partial charge in [-0.15, -0.1) is 0 Å². The van der Waals surface area contributed by atoms with Crippen LogP contribution in [0.15, 0.2) is 165 Å². The molecule has 0 saturated heterocycles. The van der Waals surface area contributed by atoms with Crippen LogP contribution in [0.5, 0.6) is 11.5 Å². The fraction of sp³-hybridized carbons (Fsp3) is 0.283. The molecule has 0 saturated carbocycles. The molecule has 0 bridgehead atoms. The summed E-state index contributed by atoms with van der Waals surface area (Å²) in [5.74, 6) is 1.69. The molecular formula is C53H59BrN4O6+4. The summed E-state index contributed by atoms with van der Waals surface area (Å²) < 4.78 is 41.4. The van der Waals surface area contributed by atoms with Gasteiger partial charge < -0.3 is 28.4 Å². The highest BCUT2D eigenvalue weighted by Gasteiger charge is 2.13. The molecule has 0 N–H and O–H groups in total. The molecule has 0 amide bonds. The molecule has 11 heteroatoms. The average molecular weight is 928 g/mol. The van der Waals surface area contributed by atoms with E-state index < -0.39 is 0 Å². The number of hydrogen-bond acceptors (Lipinski definition) is 6. The van der Waals surface area contributed by atoms with Gasteiger partial charge in [-0.25, -0.2) is 18.3 Å². The van der Waals surface area contributed by atoms with Crippen LogP contribution in [0, 0.1) is 0 Å². The van der Waals surface area contributed by atoms with Crippen LogP contribution in [-0.4, -0.2) is 67.1 Å². The number of hydrogen-bond donors (Lipinski definition) is 0. The quantitative estimate of drug-likeness (QED) is 0.0340. The van der Waals surface area contributed by atoms with E-state index in [1.807, 2.05) is 24.3 Å². The Morgan fingerprint density at radius 2 is 0.641 bits per heavy atom. The van der Waals surface area contributed by atoms with Gasteiger partial charge in [0.15, 0.2) is 75.8 Å². The first-order valence-corrected chi connectivity index (χ1v) is 22.9. The Labute approximate surface area is 386 Å². The largest absolute Gasteiger partial charge is 0.491 e. The van der Waals surface area contributed by atoms with Crippen LogP contribution in [0.2, 0.25) is 0 Å². The molecule has 7 rings (SSSR count). The SMILES string of the molecule is COCCOCCOc1ccc(C[n+]2ccc(-c3cc[n+](Cc4cc(CBr)cc(C[n+]5ccc(-c6cc[n+](Cc7ccc(OCCOCCOC)cc7)cc6)cc5)c4)cc3)cc2)cc1. The average Bonchev–Trinajstić information content (AvgIpc) is 3.33. The highest BCUT2D eigenvalue weighted by Crippen LogP contribution is 2.20. The summed E-state index contributed by atoms with van der Waals surface area (Å²) in [5, 5.41) is 0.806. The molecule has 0 aliphatic heterocycles. The van der Waals surface area contributed by atoms with Crippen LogP contribution in [0.1, 0.15) is 27.8 Å². The van der Waals surface area contributed by atoms with E-state index in [1.165, 1.54) is 50.1 Å². The molecule has 0 radical (unpaired) electrons. The Balaban J connectivity index is 0.880. The maximum Gasteiger partial charge on any atom is 0.173 e. The van der Waals surface area contributed by atoms with Crippen molar-refractivity contribution in [3.05, 3.63) is 193 Å². The topological polar surface area (TPSA) is 70.9 Å². The highest BCUT2D eigenvalue weighted by molar-refractivity contribution is 9.08. The van der Waals surface area contributed by atoms with Crippen LogP contribution in [0.3, 0.4) is 0 Å². The van der Waals surface area contributed by atoms with Gasteiger partial charge in [0.1, 0.15) is 24.7 Å². The minimum atomic E-state index is 0.516. The second-order valence-corrected chi connectivity index (χ2v) is 16.1. The number of aromatic nitrogens is 4. The fourth-order valence-electron chi connectivity index (χ4n) is 7.27. The Hall–Kier alpha value is -5.82. The molecule has 3 aromatic carbocycles. The van der Waals surface area contributed by atoms with Gasteiger partial charge >= 0.3 is 0 Å². The number of methoxy groups -OCH3 is 2. The summed E-state index contributed by atoms with van der Waals surface area (Å²) >= 11 is 3.71. The van der Waals surface area contributed by atoms with E-state index >= 15 is 0 Å². The Bertz CT molecular complexity index is 2260. The maximum atomic E-state index is 5.79. The predicted molar refractivity (Wildman–Crippen MR) is 249 cm³/mol. The standard InChI is InChI=1S/C53H59BrN4O6/c1-59-27-29-61-31-33-63-52-7-3-43(4-8-52)39-55-19-11-48(12-20-55)50-15-23-57(24-16-50)41-46-35-45(38-54)36-47(37-46)42-58-25-17-51(18-26-58)49-13-21-56(22-14-49)40-44-5-9-53(10-6-44)64-34-32-62-30-28-60-2/h3-26,35-37H,27-34,38-42H2,1-2H3/q+4. The van der Waals surface area contributed by atoms with Gasteiger partial charge in [0, 0.05) is 90.3 Å². The van der Waals surface area contributed by atoms with Crippen molar-refractivity contribution in [2.75, 3.05) is 67.1 Å². The zero-order valence-electron chi connectivity index (χ0n) is 36.9. The van der Waals surface area contributed by atoms with Crippen molar-refractivity contribution in [2.24, 2.45) is 0 Å². The molecule has 0 spiro atoms. The number of alkyl halides is 1. The van der Waals surface area contributed by atoms with E-state index in [0.717, 1.165) is 43.0 Å². The fourth-order valence-corrected chi connectivity index (χ4v) is 7.59. The first kappa shape index (κ1) is 46.2. The van der Waals surface area contributed by atoms with Crippen molar-refractivity contribution in [1.82, 2.24) is 0 Å². The molecule has 4 heterocycles. The number of pyridine rings is 4. The van der Waals surface area contributed by atoms with Crippen molar-refractivity contribution in [3.8, 4) is 33.8 Å². The zero-order valence-corrected chi connectivity index (χ0v) is 38.5. The van der Waals surface area contributed by atoms with Gasteiger partial charge in [-0.1, -0.05) is 15.9 Å². The number of benzene rings is 3. The van der Waals surface area contributed by atoms with Crippen molar-refractivity contribution in [1.29, 1.82) is 0 Å². The van der Waals surface area contributed by atoms with Crippen molar-refractivity contribution in [2.45, 2.75) is 31.5 Å². The molecule has 0 aliphatic carbocycles. The van der Waals surface area contributed by atoms with Crippen LogP contribution in [0.25, 0.3) is 22.3 Å². The summed E-state index contributed by atoms with van der Waals surface area (Å²) in [4.78, 5) is 0. The third-order valence-electron chi connectivity index (χ3n) is 10.7. The Morgan fingerprint density at radius 1 is 0.344 bits per heavy atom. The number of nitrogens with zero attached hydrogens (tertiary/aromatic N) is 4. The Morgan fingerprint density at radius 3 is 0.953 bits per heavy atom. The maximum absolute atomic E-state index is 5.79. The van der Waals surface area contributed by atoms with Crippen LogP contribution < -0.4 is 27.7 Å². The molecule has 0 atom stereocenters. The summed E-state index contributed by atoms with van der Waals surface area (Å²) in [5.41, 5.74) is 11.0. The normalized spacial score (nSPS) is 11.2. The lowest BCUT2D eigenvalue weighted by molar-refractivity contribution is -0.689. The van der Waals surface area contributed by atoms with E-state index in [9.17, 15) is 0 Å². The molecule has 10 nitrogen and oxygen atoms in total. The summed E-state index contributed by atoms with van der Waals surface area (Å²) in [6.45, 7) is 7.60. The molecule has 0 aliphatic rings. The van der Waals surface area contributed by atoms with Gasteiger partial charge in [-0.3, -0.25) is 0 Å². The van der Waals surface area contributed by atoms with E-state index in [0.29, 0.717) is 52.9 Å². The van der Waals surface area contributed by atoms with Crippen LogP contribution >= 0.6 is 15.9 Å². The number of ether oxygens (including phenoxy) is 6. The van der Waals surface area contributed by atoms with E-state index in [1.54, 1.807) is 14.2 Å². The van der Waals surface area contributed by atoms with Crippen LogP contribution in [0.4, 0.5) is 0 Å². The van der Waals surface area contributed by atoms with Crippen molar-refractivity contribution >= 4 is 15.9 Å². The molecular weight excluding hydrogens is 869 g/mol. The van der Waals surface area contributed by atoms with Gasteiger partial charge in [0.05, 0.1) is 39.6 Å². The predicted octanol–water partition coefficient (Wildman–Crippen LogP) is 7.34. The second kappa shape index (κ2) is 24.9. The summed E-state index contributed by atoms with van der Waals surface area (Å²) in [7, 11) is 3.33. The zero-order chi connectivity index (χ0) is 44.2. The molecule has 4 aromatic heterocycles. The van der Waals surface area contributed by atoms with Gasteiger partial charge in [0.2, 0.25) is 0 Å². The minimum Gasteiger partial charge on any atom is -0.491 e. The second-order valence-electron chi connectivity index (χ2n) is 15.5. The monoisotopic (exact) mass is 926 g/mol.